The molecule has 2 aromatic rings. The van der Waals surface area contributed by atoms with E-state index in [1.165, 1.54) is 12.7 Å². The third-order valence-electron chi connectivity index (χ3n) is 5.21. The van der Waals surface area contributed by atoms with Crippen molar-refractivity contribution in [2.75, 3.05) is 13.7 Å². The quantitative estimate of drug-likeness (QED) is 0.924. The molecule has 1 aromatic heterocycles. The van der Waals surface area contributed by atoms with E-state index in [-0.39, 0.29) is 11.9 Å². The van der Waals surface area contributed by atoms with E-state index >= 15 is 0 Å². The average Bonchev–Trinajstić information content (AvgIpc) is 3.20. The van der Waals surface area contributed by atoms with E-state index in [0.717, 1.165) is 24.2 Å². The third-order valence-corrected chi connectivity index (χ3v) is 5.21. The van der Waals surface area contributed by atoms with Crippen LogP contribution in [0.25, 0.3) is 0 Å². The summed E-state index contributed by atoms with van der Waals surface area (Å²) >= 11 is 0. The molecule has 0 unspecified atom stereocenters. The Kier molecular flexibility index (Phi) is 4.21. The van der Waals surface area contributed by atoms with Gasteiger partial charge in [0.05, 0.1) is 19.3 Å². The maximum absolute atomic E-state index is 12.9. The van der Waals surface area contributed by atoms with Crippen LogP contribution in [0.1, 0.15) is 59.6 Å². The van der Waals surface area contributed by atoms with E-state index in [1.54, 1.807) is 12.0 Å². The second-order valence-corrected chi connectivity index (χ2v) is 6.84. The van der Waals surface area contributed by atoms with Crippen LogP contribution in [0.4, 0.5) is 0 Å². The minimum absolute atomic E-state index is 0.193. The van der Waals surface area contributed by atoms with Crippen molar-refractivity contribution in [3.05, 3.63) is 47.7 Å². The molecule has 4 rings (SSSR count). The SMILES string of the molecule is COc1cccc([C@H]2C[C@H](O)CN2C(=O)c2coc(C3CCC3)n2)c1. The molecule has 1 saturated heterocycles. The summed E-state index contributed by atoms with van der Waals surface area (Å²) in [6, 6.07) is 7.43. The molecule has 1 aliphatic heterocycles. The first kappa shape index (κ1) is 16.1. The maximum atomic E-state index is 12.9. The Morgan fingerprint density at radius 3 is 2.96 bits per heavy atom. The Morgan fingerprint density at radius 2 is 2.24 bits per heavy atom. The summed E-state index contributed by atoms with van der Waals surface area (Å²) in [6.45, 7) is 0.298. The number of methoxy groups -OCH3 is 1. The predicted octanol–water partition coefficient (Wildman–Crippen LogP) is 2.90. The van der Waals surface area contributed by atoms with Gasteiger partial charge in [-0.1, -0.05) is 18.6 Å². The van der Waals surface area contributed by atoms with Crippen LogP contribution < -0.4 is 4.74 Å². The summed E-state index contributed by atoms with van der Waals surface area (Å²) in [7, 11) is 1.61. The summed E-state index contributed by atoms with van der Waals surface area (Å²) in [5, 5.41) is 10.1. The number of hydrogen-bond acceptors (Lipinski definition) is 5. The molecule has 2 atom stereocenters. The van der Waals surface area contributed by atoms with Crippen molar-refractivity contribution >= 4 is 5.91 Å². The van der Waals surface area contributed by atoms with Gasteiger partial charge in [0.2, 0.25) is 0 Å². The zero-order valence-electron chi connectivity index (χ0n) is 14.2. The molecular formula is C19H22N2O4. The molecule has 2 fully saturated rings. The van der Waals surface area contributed by atoms with Crippen molar-refractivity contribution < 1.29 is 19.1 Å². The molecule has 0 radical (unpaired) electrons. The molecule has 1 saturated carbocycles. The van der Waals surface area contributed by atoms with Crippen molar-refractivity contribution in [1.29, 1.82) is 0 Å². The van der Waals surface area contributed by atoms with E-state index in [9.17, 15) is 9.90 Å². The van der Waals surface area contributed by atoms with Gasteiger partial charge >= 0.3 is 0 Å². The Morgan fingerprint density at radius 1 is 1.40 bits per heavy atom. The zero-order valence-corrected chi connectivity index (χ0v) is 14.2. The number of carbonyl (C=O) groups excluding carboxylic acids is 1. The summed E-state index contributed by atoms with van der Waals surface area (Å²) in [5.74, 6) is 1.55. The first-order valence-corrected chi connectivity index (χ1v) is 8.74. The highest BCUT2D eigenvalue weighted by Crippen LogP contribution is 2.37. The van der Waals surface area contributed by atoms with Crippen LogP contribution >= 0.6 is 0 Å². The van der Waals surface area contributed by atoms with Crippen molar-refractivity contribution in [1.82, 2.24) is 9.88 Å². The Bertz CT molecular complexity index is 768. The van der Waals surface area contributed by atoms with Gasteiger partial charge < -0.3 is 19.2 Å². The van der Waals surface area contributed by atoms with Crippen LogP contribution in [0.3, 0.4) is 0 Å². The fourth-order valence-corrected chi connectivity index (χ4v) is 3.58. The van der Waals surface area contributed by atoms with E-state index in [1.807, 2.05) is 24.3 Å². The lowest BCUT2D eigenvalue weighted by Gasteiger charge is -2.24. The Balaban J connectivity index is 1.58. The van der Waals surface area contributed by atoms with Gasteiger partial charge in [-0.15, -0.1) is 0 Å². The average molecular weight is 342 g/mol. The van der Waals surface area contributed by atoms with Crippen LogP contribution in [-0.4, -0.2) is 40.7 Å². The summed E-state index contributed by atoms with van der Waals surface area (Å²) < 4.78 is 10.8. The van der Waals surface area contributed by atoms with Gasteiger partial charge in [0.1, 0.15) is 12.0 Å². The van der Waals surface area contributed by atoms with Gasteiger partial charge in [-0.2, -0.15) is 0 Å². The summed E-state index contributed by atoms with van der Waals surface area (Å²) in [4.78, 5) is 19.0. The minimum Gasteiger partial charge on any atom is -0.497 e. The molecule has 6 nitrogen and oxygen atoms in total. The first-order valence-electron chi connectivity index (χ1n) is 8.74. The fourth-order valence-electron chi connectivity index (χ4n) is 3.58. The third kappa shape index (κ3) is 3.02. The number of hydrogen-bond donors (Lipinski definition) is 1. The second-order valence-electron chi connectivity index (χ2n) is 6.84. The number of nitrogens with zero attached hydrogens (tertiary/aromatic N) is 2. The number of rotatable bonds is 4. The summed E-state index contributed by atoms with van der Waals surface area (Å²) in [5.41, 5.74) is 1.27. The molecule has 1 N–H and O–H groups in total. The lowest BCUT2D eigenvalue weighted by molar-refractivity contribution is 0.0709. The molecule has 6 heteroatoms. The highest BCUT2D eigenvalue weighted by atomic mass is 16.5. The second kappa shape index (κ2) is 6.52. The van der Waals surface area contributed by atoms with E-state index in [0.29, 0.717) is 30.5 Å². The Hall–Kier alpha value is -2.34. The van der Waals surface area contributed by atoms with Gasteiger partial charge in [0.15, 0.2) is 11.6 Å². The van der Waals surface area contributed by atoms with Crippen molar-refractivity contribution in [3.63, 3.8) is 0 Å². The van der Waals surface area contributed by atoms with Crippen LogP contribution in [0.2, 0.25) is 0 Å². The smallest absolute Gasteiger partial charge is 0.276 e. The number of aliphatic hydroxyl groups is 1. The van der Waals surface area contributed by atoms with Crippen molar-refractivity contribution in [3.8, 4) is 5.75 Å². The molecule has 132 valence electrons. The lowest BCUT2D eigenvalue weighted by atomic mass is 9.85. The molecule has 0 bridgehead atoms. The van der Waals surface area contributed by atoms with Crippen molar-refractivity contribution in [2.45, 2.75) is 43.7 Å². The van der Waals surface area contributed by atoms with E-state index in [2.05, 4.69) is 4.98 Å². The largest absolute Gasteiger partial charge is 0.497 e. The van der Waals surface area contributed by atoms with Gasteiger partial charge in [-0.25, -0.2) is 4.98 Å². The molecule has 25 heavy (non-hydrogen) atoms. The van der Waals surface area contributed by atoms with E-state index in [4.69, 9.17) is 9.15 Å². The molecule has 2 aliphatic rings. The van der Waals surface area contributed by atoms with Gasteiger partial charge in [0, 0.05) is 12.5 Å². The number of oxazole rings is 1. The normalized spacial score (nSPS) is 23.5. The molecule has 1 aromatic carbocycles. The van der Waals surface area contributed by atoms with Gasteiger partial charge in [0.25, 0.3) is 5.91 Å². The van der Waals surface area contributed by atoms with Crippen LogP contribution in [0, 0.1) is 0 Å². The first-order chi connectivity index (χ1) is 12.2. The number of ether oxygens (including phenoxy) is 1. The highest BCUT2D eigenvalue weighted by molar-refractivity contribution is 5.92. The number of carbonyl (C=O) groups is 1. The van der Waals surface area contributed by atoms with Crippen LogP contribution in [0.5, 0.6) is 5.75 Å². The highest BCUT2D eigenvalue weighted by Gasteiger charge is 2.37. The van der Waals surface area contributed by atoms with Crippen LogP contribution in [-0.2, 0) is 0 Å². The van der Waals surface area contributed by atoms with E-state index < -0.39 is 6.10 Å². The summed E-state index contributed by atoms with van der Waals surface area (Å²) in [6.07, 6.45) is 4.74. The number of β-amino-alcohol motifs (C(OH)–C–C–N with tert-alkyl or cyclic N) is 1. The van der Waals surface area contributed by atoms with Crippen molar-refractivity contribution in [2.24, 2.45) is 0 Å². The van der Waals surface area contributed by atoms with Crippen LogP contribution in [0.15, 0.2) is 34.9 Å². The molecule has 0 spiro atoms. The maximum Gasteiger partial charge on any atom is 0.276 e. The number of benzene rings is 1. The zero-order chi connectivity index (χ0) is 17.4. The number of aliphatic hydroxyl groups excluding tert-OH is 1. The predicted molar refractivity (Wildman–Crippen MR) is 90.5 cm³/mol. The molecule has 2 heterocycles. The monoisotopic (exact) mass is 342 g/mol. The molecule has 1 amide bonds. The minimum atomic E-state index is -0.543. The molecular weight excluding hydrogens is 320 g/mol. The molecule has 1 aliphatic carbocycles. The van der Waals surface area contributed by atoms with Gasteiger partial charge in [-0.05, 0) is 37.0 Å². The Labute approximate surface area is 146 Å². The number of likely N-dealkylation sites (tertiary alicyclic amines) is 1. The number of aromatic nitrogens is 1. The van der Waals surface area contributed by atoms with Gasteiger partial charge in [-0.3, -0.25) is 4.79 Å². The number of amides is 1. The topological polar surface area (TPSA) is 75.8 Å². The fraction of sp³-hybridized carbons (Fsp3) is 0.474. The lowest BCUT2D eigenvalue weighted by Crippen LogP contribution is -2.32. The standard InChI is InChI=1S/C19H22N2O4/c1-24-15-7-3-6-13(8-15)17-9-14(22)10-21(17)19(23)16-11-25-18(20-16)12-4-2-5-12/h3,6-8,11-12,14,17,22H,2,4-5,9-10H2,1H3/t14-,17+/m0/s1.